The van der Waals surface area contributed by atoms with Crippen LogP contribution in [0.2, 0.25) is 0 Å². The average Bonchev–Trinajstić information content (AvgIpc) is 2.79. The summed E-state index contributed by atoms with van der Waals surface area (Å²) in [6, 6.07) is 6.69. The van der Waals surface area contributed by atoms with Gasteiger partial charge in [0.15, 0.2) is 0 Å². The van der Waals surface area contributed by atoms with Gasteiger partial charge in [-0.3, -0.25) is 4.79 Å². The summed E-state index contributed by atoms with van der Waals surface area (Å²) in [6.45, 7) is 5.31. The molecule has 140 valence electrons. The summed E-state index contributed by atoms with van der Waals surface area (Å²) in [4.78, 5) is 17.4. The maximum absolute atomic E-state index is 13.2. The summed E-state index contributed by atoms with van der Waals surface area (Å²) in [5, 5.41) is 4.53. The lowest BCUT2D eigenvalue weighted by molar-refractivity contribution is 0.0757. The molecule has 3 rings (SSSR count). The third-order valence-corrected chi connectivity index (χ3v) is 5.29. The molecule has 1 aliphatic heterocycles. The molecule has 0 aliphatic carbocycles. The topological polar surface area (TPSA) is 41.4 Å². The van der Waals surface area contributed by atoms with Gasteiger partial charge in [-0.1, -0.05) is 0 Å². The summed E-state index contributed by atoms with van der Waals surface area (Å²) < 4.78 is 14.9. The van der Waals surface area contributed by atoms with Crippen LogP contribution in [0.15, 0.2) is 24.3 Å². The van der Waals surface area contributed by atoms with Crippen molar-refractivity contribution in [1.29, 1.82) is 0 Å². The van der Waals surface area contributed by atoms with Gasteiger partial charge in [0.05, 0.1) is 22.6 Å². The van der Waals surface area contributed by atoms with Crippen LogP contribution in [0.4, 0.5) is 4.39 Å². The Labute approximate surface area is 154 Å². The van der Waals surface area contributed by atoms with Gasteiger partial charge < -0.3 is 9.80 Å². The first-order chi connectivity index (χ1) is 12.4. The van der Waals surface area contributed by atoms with Crippen LogP contribution in [0.5, 0.6) is 0 Å². The number of aromatic nitrogens is 2. The highest BCUT2D eigenvalue weighted by Crippen LogP contribution is 2.22. The fourth-order valence-electron chi connectivity index (χ4n) is 3.74. The third-order valence-electron chi connectivity index (χ3n) is 5.29. The molecule has 1 aromatic carbocycles. The Morgan fingerprint density at radius 1 is 1.15 bits per heavy atom. The highest BCUT2D eigenvalue weighted by molar-refractivity contribution is 5.96. The van der Waals surface area contributed by atoms with E-state index < -0.39 is 0 Å². The van der Waals surface area contributed by atoms with Crippen molar-refractivity contribution < 1.29 is 9.18 Å². The number of rotatable bonds is 3. The molecule has 2 aromatic rings. The Kier molecular flexibility index (Phi) is 5.41. The molecule has 26 heavy (non-hydrogen) atoms. The SMILES string of the molecule is Cc1nn(-c2ccc(F)cc2)c(C)c1C(=O)N1CCC[C@H](N(C)C)CC1. The summed E-state index contributed by atoms with van der Waals surface area (Å²) in [5.74, 6) is -0.237. The zero-order chi connectivity index (χ0) is 18.8. The van der Waals surface area contributed by atoms with Crippen molar-refractivity contribution in [1.82, 2.24) is 19.6 Å². The van der Waals surface area contributed by atoms with E-state index in [4.69, 9.17) is 0 Å². The molecule has 0 N–H and O–H groups in total. The van der Waals surface area contributed by atoms with E-state index in [9.17, 15) is 9.18 Å². The monoisotopic (exact) mass is 358 g/mol. The number of amides is 1. The smallest absolute Gasteiger partial charge is 0.257 e. The molecule has 0 unspecified atom stereocenters. The lowest BCUT2D eigenvalue weighted by Gasteiger charge is -2.23. The number of hydrogen-bond acceptors (Lipinski definition) is 3. The van der Waals surface area contributed by atoms with Crippen LogP contribution in [0.25, 0.3) is 5.69 Å². The van der Waals surface area contributed by atoms with Crippen molar-refractivity contribution in [3.05, 3.63) is 47.0 Å². The van der Waals surface area contributed by atoms with Gasteiger partial charge in [0, 0.05) is 19.1 Å². The van der Waals surface area contributed by atoms with Gasteiger partial charge in [-0.15, -0.1) is 0 Å². The Hall–Kier alpha value is -2.21. The summed E-state index contributed by atoms with van der Waals surface area (Å²) in [6.07, 6.45) is 3.12. The van der Waals surface area contributed by atoms with Crippen LogP contribution in [-0.4, -0.2) is 58.7 Å². The van der Waals surface area contributed by atoms with E-state index in [1.54, 1.807) is 16.8 Å². The molecule has 0 radical (unpaired) electrons. The van der Waals surface area contributed by atoms with Crippen LogP contribution in [0.3, 0.4) is 0 Å². The van der Waals surface area contributed by atoms with Gasteiger partial charge in [-0.05, 0) is 71.5 Å². The number of carbonyl (C=O) groups excluding carboxylic acids is 1. The van der Waals surface area contributed by atoms with E-state index >= 15 is 0 Å². The number of carbonyl (C=O) groups is 1. The molecule has 1 aromatic heterocycles. The fourth-order valence-corrected chi connectivity index (χ4v) is 3.74. The molecule has 5 nitrogen and oxygen atoms in total. The van der Waals surface area contributed by atoms with Crippen molar-refractivity contribution in [2.75, 3.05) is 27.2 Å². The maximum Gasteiger partial charge on any atom is 0.257 e. The van der Waals surface area contributed by atoms with E-state index in [-0.39, 0.29) is 11.7 Å². The molecule has 0 spiro atoms. The van der Waals surface area contributed by atoms with Crippen molar-refractivity contribution >= 4 is 5.91 Å². The van der Waals surface area contributed by atoms with Gasteiger partial charge in [-0.2, -0.15) is 5.10 Å². The van der Waals surface area contributed by atoms with Gasteiger partial charge in [0.1, 0.15) is 5.82 Å². The maximum atomic E-state index is 13.2. The zero-order valence-electron chi connectivity index (χ0n) is 16.0. The van der Waals surface area contributed by atoms with Crippen molar-refractivity contribution in [3.63, 3.8) is 0 Å². The van der Waals surface area contributed by atoms with Crippen molar-refractivity contribution in [2.24, 2.45) is 0 Å². The minimum absolute atomic E-state index is 0.0489. The number of likely N-dealkylation sites (tertiary alicyclic amines) is 1. The quantitative estimate of drug-likeness (QED) is 0.846. The first-order valence-electron chi connectivity index (χ1n) is 9.16. The molecule has 2 heterocycles. The Balaban J connectivity index is 1.85. The van der Waals surface area contributed by atoms with Crippen molar-refractivity contribution in [2.45, 2.75) is 39.2 Å². The van der Waals surface area contributed by atoms with Crippen LogP contribution >= 0.6 is 0 Å². The minimum atomic E-state index is -0.286. The highest BCUT2D eigenvalue weighted by atomic mass is 19.1. The molecule has 1 saturated heterocycles. The van der Waals surface area contributed by atoms with Crippen LogP contribution in [-0.2, 0) is 0 Å². The second-order valence-electron chi connectivity index (χ2n) is 7.27. The second kappa shape index (κ2) is 7.58. The molecule has 0 saturated carbocycles. The Morgan fingerprint density at radius 3 is 2.50 bits per heavy atom. The standard InChI is InChI=1S/C20H27FN4O/c1-14-19(15(2)25(22-14)18-9-7-16(21)8-10-18)20(26)24-12-5-6-17(11-13-24)23(3)4/h7-10,17H,5-6,11-13H2,1-4H3/t17-/m0/s1. The van der Waals surface area contributed by atoms with E-state index in [0.29, 0.717) is 17.3 Å². The van der Waals surface area contributed by atoms with Crippen molar-refractivity contribution in [3.8, 4) is 5.69 Å². The third kappa shape index (κ3) is 3.65. The number of nitrogens with zero attached hydrogens (tertiary/aromatic N) is 4. The van der Waals surface area contributed by atoms with E-state index in [2.05, 4.69) is 24.1 Å². The lowest BCUT2D eigenvalue weighted by Crippen LogP contribution is -2.34. The average molecular weight is 358 g/mol. The zero-order valence-corrected chi connectivity index (χ0v) is 16.0. The van der Waals surface area contributed by atoms with Gasteiger partial charge in [-0.25, -0.2) is 9.07 Å². The molecule has 6 heteroatoms. The molecular formula is C20H27FN4O. The molecule has 1 amide bonds. The van der Waals surface area contributed by atoms with Gasteiger partial charge in [0.2, 0.25) is 0 Å². The van der Waals surface area contributed by atoms with Crippen LogP contribution < -0.4 is 0 Å². The second-order valence-corrected chi connectivity index (χ2v) is 7.27. The first kappa shape index (κ1) is 18.6. The highest BCUT2D eigenvalue weighted by Gasteiger charge is 2.27. The molecule has 1 atom stereocenters. The summed E-state index contributed by atoms with van der Waals surface area (Å²) in [5.41, 5.74) is 2.94. The lowest BCUT2D eigenvalue weighted by atomic mass is 10.1. The van der Waals surface area contributed by atoms with E-state index in [1.807, 2.05) is 18.7 Å². The molecular weight excluding hydrogens is 331 g/mol. The first-order valence-corrected chi connectivity index (χ1v) is 9.16. The Bertz CT molecular complexity index is 782. The van der Waals surface area contributed by atoms with Gasteiger partial charge in [0.25, 0.3) is 5.91 Å². The summed E-state index contributed by atoms with van der Waals surface area (Å²) in [7, 11) is 4.20. The predicted octanol–water partition coefficient (Wildman–Crippen LogP) is 3.18. The van der Waals surface area contributed by atoms with E-state index in [1.165, 1.54) is 12.1 Å². The summed E-state index contributed by atoms with van der Waals surface area (Å²) >= 11 is 0. The van der Waals surface area contributed by atoms with Crippen LogP contribution in [0, 0.1) is 19.7 Å². The number of hydrogen-bond donors (Lipinski definition) is 0. The van der Waals surface area contributed by atoms with Crippen LogP contribution in [0.1, 0.15) is 41.0 Å². The Morgan fingerprint density at radius 2 is 1.85 bits per heavy atom. The molecule has 0 bridgehead atoms. The largest absolute Gasteiger partial charge is 0.338 e. The predicted molar refractivity (Wildman–Crippen MR) is 100 cm³/mol. The minimum Gasteiger partial charge on any atom is -0.338 e. The number of benzene rings is 1. The van der Waals surface area contributed by atoms with E-state index in [0.717, 1.165) is 43.7 Å². The fraction of sp³-hybridized carbons (Fsp3) is 0.500. The molecule has 1 fully saturated rings. The normalized spacial score (nSPS) is 18.2. The molecule has 1 aliphatic rings. The van der Waals surface area contributed by atoms with Gasteiger partial charge >= 0.3 is 0 Å². The number of aryl methyl sites for hydroxylation is 1. The number of halogens is 1.